The van der Waals surface area contributed by atoms with Gasteiger partial charge in [0.1, 0.15) is 18.2 Å². The first-order valence-corrected chi connectivity index (χ1v) is 6.71. The molecule has 4 nitrogen and oxygen atoms in total. The molecule has 0 heterocycles. The van der Waals surface area contributed by atoms with Gasteiger partial charge >= 0.3 is 0 Å². The molecule has 0 spiro atoms. The molecular weight excluding hydrogens is 258 g/mol. The fourth-order valence-electron chi connectivity index (χ4n) is 0.994. The van der Waals surface area contributed by atoms with E-state index < -0.39 is 8.38 Å². The second-order valence-electron chi connectivity index (χ2n) is 2.95. The quantitative estimate of drug-likeness (QED) is 0.592. The van der Waals surface area contributed by atoms with Crippen LogP contribution >= 0.6 is 8.38 Å². The van der Waals surface area contributed by atoms with E-state index in [4.69, 9.17) is 13.8 Å². The van der Waals surface area contributed by atoms with Gasteiger partial charge in [0.2, 0.25) is 0 Å². The molecule has 0 aliphatic carbocycles. The van der Waals surface area contributed by atoms with Gasteiger partial charge in [0.25, 0.3) is 0 Å². The smallest absolute Gasteiger partial charge is 0.169 e. The third-order valence-corrected chi connectivity index (χ3v) is 3.13. The highest BCUT2D eigenvalue weighted by Crippen LogP contribution is 2.34. The van der Waals surface area contributed by atoms with Crippen molar-refractivity contribution in [2.45, 2.75) is 6.92 Å². The van der Waals surface area contributed by atoms with Crippen LogP contribution in [0.15, 0.2) is 24.3 Å². The average Bonchev–Trinajstić information content (AvgIpc) is 2.41. The lowest BCUT2D eigenvalue weighted by atomic mass is 10.3. The largest absolute Gasteiger partial charge is 0.486 e. The molecule has 102 valence electrons. The van der Waals surface area contributed by atoms with E-state index in [1.807, 2.05) is 6.92 Å². The van der Waals surface area contributed by atoms with Gasteiger partial charge in [0, 0.05) is 20.4 Å². The van der Waals surface area contributed by atoms with Crippen LogP contribution in [0.4, 0.5) is 4.39 Å². The van der Waals surface area contributed by atoms with Crippen LogP contribution in [0, 0.1) is 5.82 Å². The predicted octanol–water partition coefficient (Wildman–Crippen LogP) is 3.01. The van der Waals surface area contributed by atoms with E-state index >= 15 is 0 Å². The lowest BCUT2D eigenvalue weighted by molar-refractivity contribution is -0.109. The summed E-state index contributed by atoms with van der Waals surface area (Å²) in [4.78, 5) is 9.85. The minimum Gasteiger partial charge on any atom is -0.486 e. The Morgan fingerprint density at radius 3 is 2.11 bits per heavy atom. The van der Waals surface area contributed by atoms with E-state index in [2.05, 4.69) is 0 Å². The molecule has 0 bridgehead atoms. The maximum Gasteiger partial charge on any atom is 0.169 e. The Labute approximate surface area is 108 Å². The molecule has 0 saturated carbocycles. The van der Waals surface area contributed by atoms with E-state index in [1.54, 1.807) is 14.2 Å². The van der Waals surface area contributed by atoms with Gasteiger partial charge in [-0.3, -0.25) is 4.79 Å². The van der Waals surface area contributed by atoms with Gasteiger partial charge in [-0.15, -0.1) is 0 Å². The first kappa shape index (κ1) is 17.0. The zero-order valence-corrected chi connectivity index (χ0v) is 11.7. The molecule has 6 heteroatoms. The summed E-state index contributed by atoms with van der Waals surface area (Å²) in [5, 5.41) is 0. The number of rotatable bonds is 6. The molecule has 1 aromatic carbocycles. The average molecular weight is 276 g/mol. The highest BCUT2D eigenvalue weighted by molar-refractivity contribution is 7.47. The lowest BCUT2D eigenvalue weighted by Crippen LogP contribution is -1.96. The Kier molecular flexibility index (Phi) is 10.4. The van der Waals surface area contributed by atoms with Crippen LogP contribution in [-0.2, 0) is 13.8 Å². The molecule has 0 unspecified atom stereocenters. The zero-order chi connectivity index (χ0) is 13.8. The van der Waals surface area contributed by atoms with Crippen LogP contribution in [0.2, 0.25) is 0 Å². The maximum atomic E-state index is 12.3. The number of hydrogen-bond donors (Lipinski definition) is 0. The summed E-state index contributed by atoms with van der Waals surface area (Å²) in [6.45, 7) is 2.05. The summed E-state index contributed by atoms with van der Waals surface area (Å²) in [5.74, 6) is 0.182. The summed E-state index contributed by atoms with van der Waals surface area (Å²) >= 11 is 0. The second-order valence-corrected chi connectivity index (χ2v) is 4.97. The van der Waals surface area contributed by atoms with Crippen LogP contribution in [0.1, 0.15) is 6.92 Å². The molecule has 1 aromatic rings. The van der Waals surface area contributed by atoms with Crippen molar-refractivity contribution >= 4 is 14.7 Å². The van der Waals surface area contributed by atoms with Crippen molar-refractivity contribution in [3.05, 3.63) is 30.1 Å². The molecule has 0 aromatic heterocycles. The second kappa shape index (κ2) is 11.1. The Bertz CT molecular complexity index is 309. The van der Waals surface area contributed by atoms with Gasteiger partial charge in [-0.05, 0) is 24.3 Å². The molecule has 0 fully saturated rings. The highest BCUT2D eigenvalue weighted by Gasteiger charge is 1.97. The van der Waals surface area contributed by atoms with Crippen molar-refractivity contribution in [1.82, 2.24) is 0 Å². The van der Waals surface area contributed by atoms with Gasteiger partial charge in [-0.1, -0.05) is 6.92 Å². The summed E-state index contributed by atoms with van der Waals surface area (Å²) < 4.78 is 26.9. The normalized spacial score (nSPS) is 9.61. The number of carbonyl (C=O) groups excluding carboxylic acids is 1. The topological polar surface area (TPSA) is 44.8 Å². The minimum absolute atomic E-state index is 0.00559. The molecular formula is C12H18FO4P. The number of aldehydes is 1. The van der Waals surface area contributed by atoms with Crippen LogP contribution < -0.4 is 4.74 Å². The van der Waals surface area contributed by atoms with Crippen molar-refractivity contribution < 1.29 is 23.0 Å². The van der Waals surface area contributed by atoms with Gasteiger partial charge in [-0.2, -0.15) is 0 Å². The van der Waals surface area contributed by atoms with Crippen LogP contribution in [0.25, 0.3) is 0 Å². The Morgan fingerprint density at radius 1 is 1.22 bits per heavy atom. The summed E-state index contributed by atoms with van der Waals surface area (Å²) in [6, 6.07) is 5.50. The van der Waals surface area contributed by atoms with Gasteiger partial charge in [0.05, 0.1) is 0 Å². The number of hydrogen-bond acceptors (Lipinski definition) is 4. The Balaban J connectivity index is 0.000000360. The van der Waals surface area contributed by atoms with E-state index in [0.29, 0.717) is 12.0 Å². The summed E-state index contributed by atoms with van der Waals surface area (Å²) in [6.07, 6.45) is 1.62. The fourth-order valence-corrected chi connectivity index (χ4v) is 1.66. The van der Waals surface area contributed by atoms with Crippen LogP contribution in [0.5, 0.6) is 5.75 Å². The van der Waals surface area contributed by atoms with Gasteiger partial charge in [0.15, 0.2) is 14.7 Å². The van der Waals surface area contributed by atoms with Crippen molar-refractivity contribution in [2.24, 2.45) is 0 Å². The van der Waals surface area contributed by atoms with Crippen molar-refractivity contribution in [3.8, 4) is 5.75 Å². The standard InChI is InChI=1S/C8H7FO2.C4H11O2P/c9-7-1-3-8(4-2-7)11-6-5-10;1-4-7(5-2)6-3/h1-5H,6H2;4H2,1-3H3. The highest BCUT2D eigenvalue weighted by atomic mass is 31.2. The molecule has 0 aliphatic rings. The predicted molar refractivity (Wildman–Crippen MR) is 69.4 cm³/mol. The van der Waals surface area contributed by atoms with Gasteiger partial charge < -0.3 is 13.8 Å². The molecule has 1 rings (SSSR count). The van der Waals surface area contributed by atoms with E-state index in [0.717, 1.165) is 6.16 Å². The fraction of sp³-hybridized carbons (Fsp3) is 0.417. The minimum atomic E-state index is -0.554. The molecule has 0 radical (unpaired) electrons. The van der Waals surface area contributed by atoms with Crippen LogP contribution in [-0.4, -0.2) is 33.3 Å². The molecule has 0 atom stereocenters. The number of halogens is 1. The molecule has 0 N–H and O–H groups in total. The third kappa shape index (κ3) is 8.12. The summed E-state index contributed by atoms with van der Waals surface area (Å²) in [5.41, 5.74) is 0. The first-order valence-electron chi connectivity index (χ1n) is 5.35. The lowest BCUT2D eigenvalue weighted by Gasteiger charge is -2.06. The Morgan fingerprint density at radius 2 is 1.78 bits per heavy atom. The van der Waals surface area contributed by atoms with Crippen molar-refractivity contribution in [1.29, 1.82) is 0 Å². The van der Waals surface area contributed by atoms with E-state index in [1.165, 1.54) is 24.3 Å². The van der Waals surface area contributed by atoms with Crippen LogP contribution in [0.3, 0.4) is 0 Å². The van der Waals surface area contributed by atoms with Gasteiger partial charge in [-0.25, -0.2) is 4.39 Å². The number of carbonyl (C=O) groups is 1. The monoisotopic (exact) mass is 276 g/mol. The van der Waals surface area contributed by atoms with Crippen molar-refractivity contribution in [2.75, 3.05) is 27.0 Å². The SMILES string of the molecule is CCP(OC)OC.O=CCOc1ccc(F)cc1. The maximum absolute atomic E-state index is 12.3. The third-order valence-electron chi connectivity index (χ3n) is 1.80. The molecule has 0 saturated heterocycles. The Hall–Kier alpha value is -1.03. The number of benzene rings is 1. The van der Waals surface area contributed by atoms with Crippen molar-refractivity contribution in [3.63, 3.8) is 0 Å². The molecule has 18 heavy (non-hydrogen) atoms. The van der Waals surface area contributed by atoms with E-state index in [-0.39, 0.29) is 12.4 Å². The summed E-state index contributed by atoms with van der Waals surface area (Å²) in [7, 11) is 2.78. The number of ether oxygens (including phenoxy) is 1. The van der Waals surface area contributed by atoms with E-state index in [9.17, 15) is 9.18 Å². The molecule has 0 aliphatic heterocycles. The molecule has 0 amide bonds. The first-order chi connectivity index (χ1) is 8.67. The zero-order valence-electron chi connectivity index (χ0n) is 10.8.